The van der Waals surface area contributed by atoms with Crippen LogP contribution in [0.25, 0.3) is 0 Å². The Labute approximate surface area is 171 Å². The number of para-hydroxylation sites is 1. The highest BCUT2D eigenvalue weighted by molar-refractivity contribution is 6.05. The van der Waals surface area contributed by atoms with Gasteiger partial charge in [-0.1, -0.05) is 24.6 Å². The summed E-state index contributed by atoms with van der Waals surface area (Å²) in [4.78, 5) is 10.9. The zero-order valence-electron chi connectivity index (χ0n) is 16.5. The predicted molar refractivity (Wildman–Crippen MR) is 115 cm³/mol. The lowest BCUT2D eigenvalue weighted by molar-refractivity contribution is 0.217. The van der Waals surface area contributed by atoms with Crippen LogP contribution in [0, 0.1) is 0 Å². The Bertz CT molecular complexity index is 874. The number of nitrogens with zero attached hydrogens (tertiary/aromatic N) is 3. The fraction of sp³-hybridized carbons (Fsp3) is 0.364. The average molecular weight is 393 g/mol. The second kappa shape index (κ2) is 8.43. The van der Waals surface area contributed by atoms with Gasteiger partial charge in [0.1, 0.15) is 30.4 Å². The molecular weight excluding hydrogens is 366 g/mol. The van der Waals surface area contributed by atoms with E-state index in [0.717, 1.165) is 42.9 Å². The van der Waals surface area contributed by atoms with E-state index in [2.05, 4.69) is 4.99 Å². The number of ether oxygens (including phenoxy) is 2. The Morgan fingerprint density at radius 1 is 0.828 bits per heavy atom. The quantitative estimate of drug-likeness (QED) is 0.734. The molecule has 29 heavy (non-hydrogen) atoms. The van der Waals surface area contributed by atoms with Crippen LogP contribution >= 0.6 is 0 Å². The minimum absolute atomic E-state index is 0.263. The van der Waals surface area contributed by atoms with Crippen LogP contribution in [-0.2, 0) is 0 Å². The fourth-order valence-electron chi connectivity index (χ4n) is 4.02. The van der Waals surface area contributed by atoms with Crippen LogP contribution in [-0.4, -0.2) is 30.8 Å². The largest absolute Gasteiger partial charge is 0.490 e. The van der Waals surface area contributed by atoms with Crippen molar-refractivity contribution in [2.24, 2.45) is 21.5 Å². The molecule has 1 aliphatic carbocycles. The minimum Gasteiger partial charge on any atom is -0.490 e. The van der Waals surface area contributed by atoms with Crippen LogP contribution in [0.15, 0.2) is 64.6 Å². The molecule has 0 radical (unpaired) electrons. The van der Waals surface area contributed by atoms with E-state index in [4.69, 9.17) is 25.9 Å². The molecular formula is C22H27N5O2. The van der Waals surface area contributed by atoms with Gasteiger partial charge in [0.2, 0.25) is 11.9 Å². The molecule has 7 heteroatoms. The number of hydrogen-bond donors (Lipinski definition) is 2. The van der Waals surface area contributed by atoms with Gasteiger partial charge in [-0.05, 0) is 62.1 Å². The lowest BCUT2D eigenvalue weighted by Gasteiger charge is -2.45. The molecule has 4 rings (SSSR count). The van der Waals surface area contributed by atoms with Gasteiger partial charge >= 0.3 is 0 Å². The molecule has 0 aromatic heterocycles. The third kappa shape index (κ3) is 4.29. The van der Waals surface area contributed by atoms with Gasteiger partial charge in [0.15, 0.2) is 0 Å². The zero-order valence-corrected chi connectivity index (χ0v) is 16.5. The third-order valence-electron chi connectivity index (χ3n) is 5.31. The van der Waals surface area contributed by atoms with Crippen molar-refractivity contribution in [1.29, 1.82) is 0 Å². The number of guanidine groups is 2. The minimum atomic E-state index is -0.430. The summed E-state index contributed by atoms with van der Waals surface area (Å²) in [5.41, 5.74) is 12.7. The van der Waals surface area contributed by atoms with Gasteiger partial charge < -0.3 is 20.9 Å². The number of anilines is 1. The SMILES string of the molecule is NC1=NC2(CCCCC2)N(c2ccc(OCCOc3ccccc3)cc2)C(N)=N1. The first-order valence-electron chi connectivity index (χ1n) is 10.1. The summed E-state index contributed by atoms with van der Waals surface area (Å²) >= 11 is 0. The van der Waals surface area contributed by atoms with E-state index in [1.807, 2.05) is 59.5 Å². The van der Waals surface area contributed by atoms with Gasteiger partial charge in [-0.15, -0.1) is 0 Å². The summed E-state index contributed by atoms with van der Waals surface area (Å²) < 4.78 is 11.5. The first-order chi connectivity index (χ1) is 14.2. The zero-order chi connectivity index (χ0) is 20.1. The van der Waals surface area contributed by atoms with Crippen LogP contribution in [0.4, 0.5) is 5.69 Å². The summed E-state index contributed by atoms with van der Waals surface area (Å²) in [6.07, 6.45) is 5.24. The van der Waals surface area contributed by atoms with Gasteiger partial charge in [0, 0.05) is 5.69 Å². The van der Waals surface area contributed by atoms with Crippen molar-refractivity contribution in [2.75, 3.05) is 18.1 Å². The van der Waals surface area contributed by atoms with E-state index in [9.17, 15) is 0 Å². The molecule has 2 aromatic rings. The molecule has 2 aliphatic rings. The van der Waals surface area contributed by atoms with Crippen molar-refractivity contribution in [1.82, 2.24) is 0 Å². The van der Waals surface area contributed by atoms with Gasteiger partial charge in [-0.25, -0.2) is 4.99 Å². The molecule has 1 saturated carbocycles. The van der Waals surface area contributed by atoms with Crippen molar-refractivity contribution in [2.45, 2.75) is 37.8 Å². The van der Waals surface area contributed by atoms with Crippen molar-refractivity contribution in [3.05, 3.63) is 54.6 Å². The Morgan fingerprint density at radius 3 is 2.10 bits per heavy atom. The fourth-order valence-corrected chi connectivity index (χ4v) is 4.02. The summed E-state index contributed by atoms with van der Waals surface area (Å²) in [6.45, 7) is 0.945. The average Bonchev–Trinajstić information content (AvgIpc) is 2.73. The molecule has 1 fully saturated rings. The van der Waals surface area contributed by atoms with Crippen molar-refractivity contribution < 1.29 is 9.47 Å². The predicted octanol–water partition coefficient (Wildman–Crippen LogP) is 3.25. The highest BCUT2D eigenvalue weighted by Crippen LogP contribution is 2.39. The third-order valence-corrected chi connectivity index (χ3v) is 5.31. The maximum absolute atomic E-state index is 6.27. The van der Waals surface area contributed by atoms with E-state index < -0.39 is 5.66 Å². The molecule has 0 bridgehead atoms. The second-order valence-electron chi connectivity index (χ2n) is 7.32. The summed E-state index contributed by atoms with van der Waals surface area (Å²) in [6, 6.07) is 17.6. The van der Waals surface area contributed by atoms with Crippen molar-refractivity contribution >= 4 is 17.6 Å². The first-order valence-corrected chi connectivity index (χ1v) is 10.1. The lowest BCUT2D eigenvalue weighted by Crippen LogP contribution is -2.58. The molecule has 0 unspecified atom stereocenters. The van der Waals surface area contributed by atoms with Crippen LogP contribution < -0.4 is 25.8 Å². The van der Waals surface area contributed by atoms with Crippen molar-refractivity contribution in [3.8, 4) is 11.5 Å². The molecule has 1 heterocycles. The molecule has 1 aliphatic heterocycles. The maximum Gasteiger partial charge on any atom is 0.220 e. The van der Waals surface area contributed by atoms with Gasteiger partial charge in [-0.2, -0.15) is 4.99 Å². The summed E-state index contributed by atoms with van der Waals surface area (Å²) in [7, 11) is 0. The monoisotopic (exact) mass is 393 g/mol. The molecule has 2 aromatic carbocycles. The molecule has 0 amide bonds. The molecule has 7 nitrogen and oxygen atoms in total. The summed E-state index contributed by atoms with van der Waals surface area (Å²) in [5, 5.41) is 0. The highest BCUT2D eigenvalue weighted by atomic mass is 16.5. The molecule has 152 valence electrons. The van der Waals surface area contributed by atoms with E-state index in [-0.39, 0.29) is 5.96 Å². The number of hydrogen-bond acceptors (Lipinski definition) is 7. The molecule has 4 N–H and O–H groups in total. The normalized spacial score (nSPS) is 18.1. The Kier molecular flexibility index (Phi) is 5.55. The smallest absolute Gasteiger partial charge is 0.220 e. The Morgan fingerprint density at radius 2 is 1.45 bits per heavy atom. The van der Waals surface area contributed by atoms with Gasteiger partial charge in [0.05, 0.1) is 0 Å². The van der Waals surface area contributed by atoms with Crippen molar-refractivity contribution in [3.63, 3.8) is 0 Å². The standard InChI is InChI=1S/C22H27N5O2/c23-20-25-21(24)27(22(26-20)13-5-2-6-14-22)17-9-11-19(12-10-17)29-16-15-28-18-7-3-1-4-8-18/h1,3-4,7-12H,2,5-6,13-16H2,(H4,23,24,25,26). The number of rotatable bonds is 6. The Balaban J connectivity index is 1.40. The lowest BCUT2D eigenvalue weighted by atomic mass is 9.87. The molecule has 1 spiro atoms. The van der Waals surface area contributed by atoms with Crippen LogP contribution in [0.2, 0.25) is 0 Å². The van der Waals surface area contributed by atoms with E-state index in [1.54, 1.807) is 0 Å². The molecule has 0 saturated heterocycles. The summed E-state index contributed by atoms with van der Waals surface area (Å²) in [5.74, 6) is 2.27. The Hall–Kier alpha value is -3.22. The van der Waals surface area contributed by atoms with E-state index in [0.29, 0.717) is 19.2 Å². The molecule has 0 atom stereocenters. The number of nitrogens with two attached hydrogens (primary N) is 2. The first kappa shape index (κ1) is 19.1. The second-order valence-corrected chi connectivity index (χ2v) is 7.32. The topological polar surface area (TPSA) is 98.5 Å². The number of aliphatic imine (C=N–C) groups is 2. The van der Waals surface area contributed by atoms with E-state index in [1.165, 1.54) is 6.42 Å². The van der Waals surface area contributed by atoms with Gasteiger partial charge in [-0.3, -0.25) is 4.90 Å². The highest BCUT2D eigenvalue weighted by Gasteiger charge is 2.42. The van der Waals surface area contributed by atoms with Gasteiger partial charge in [0.25, 0.3) is 0 Å². The number of benzene rings is 2. The maximum atomic E-state index is 6.27. The van der Waals surface area contributed by atoms with Crippen LogP contribution in [0.3, 0.4) is 0 Å². The van der Waals surface area contributed by atoms with Crippen LogP contribution in [0.5, 0.6) is 11.5 Å². The van der Waals surface area contributed by atoms with E-state index >= 15 is 0 Å². The van der Waals surface area contributed by atoms with Crippen LogP contribution in [0.1, 0.15) is 32.1 Å².